The van der Waals surface area contributed by atoms with Crippen molar-refractivity contribution in [1.82, 2.24) is 0 Å². The van der Waals surface area contributed by atoms with Gasteiger partial charge in [0.05, 0.1) is 12.5 Å². The van der Waals surface area contributed by atoms with Crippen LogP contribution in [-0.4, -0.2) is 12.1 Å². The van der Waals surface area contributed by atoms with Gasteiger partial charge in [-0.05, 0) is 78.2 Å². The van der Waals surface area contributed by atoms with E-state index in [-0.39, 0.29) is 17.5 Å². The molecule has 2 saturated carbocycles. The van der Waals surface area contributed by atoms with Crippen LogP contribution in [0.5, 0.6) is 0 Å². The zero-order valence-electron chi connectivity index (χ0n) is 15.4. The molecular weight excluding hydrogens is 300 g/mol. The Hall–Kier alpha value is -1.25. The van der Waals surface area contributed by atoms with Gasteiger partial charge in [-0.2, -0.15) is 0 Å². The van der Waals surface area contributed by atoms with Crippen molar-refractivity contribution < 1.29 is 13.9 Å². The van der Waals surface area contributed by atoms with Crippen LogP contribution in [0.2, 0.25) is 0 Å². The number of hydrogen-bond acceptors (Lipinski definition) is 3. The third kappa shape index (κ3) is 2.12. The zero-order valence-corrected chi connectivity index (χ0v) is 15.4. The van der Waals surface area contributed by atoms with Gasteiger partial charge in [0, 0.05) is 6.92 Å². The Bertz CT molecular complexity index is 647. The number of carbonyl (C=O) groups excluding carboxylic acids is 1. The maximum atomic E-state index is 11.5. The molecule has 3 aliphatic rings. The van der Waals surface area contributed by atoms with Crippen molar-refractivity contribution in [2.75, 3.05) is 0 Å². The smallest absolute Gasteiger partial charge is 0.302 e. The van der Waals surface area contributed by atoms with Crippen molar-refractivity contribution in [1.29, 1.82) is 0 Å². The number of fused-ring (bicyclic) bond motifs is 5. The first-order valence-electron chi connectivity index (χ1n) is 9.59. The second-order valence-corrected chi connectivity index (χ2v) is 9.02. The van der Waals surface area contributed by atoms with Gasteiger partial charge in [-0.25, -0.2) is 0 Å². The lowest BCUT2D eigenvalue weighted by Crippen LogP contribution is -2.57. The summed E-state index contributed by atoms with van der Waals surface area (Å²) >= 11 is 0. The molecule has 1 heterocycles. The summed E-state index contributed by atoms with van der Waals surface area (Å²) in [5.41, 5.74) is 3.49. The van der Waals surface area contributed by atoms with Crippen LogP contribution in [-0.2, 0) is 21.4 Å². The molecule has 3 heteroatoms. The zero-order chi connectivity index (χ0) is 17.1. The molecule has 0 amide bonds. The molecule has 4 rings (SSSR count). The normalized spacial score (nSPS) is 44.2. The van der Waals surface area contributed by atoms with Gasteiger partial charge in [0.2, 0.25) is 0 Å². The lowest BCUT2D eigenvalue weighted by molar-refractivity contribution is -0.165. The van der Waals surface area contributed by atoms with Crippen LogP contribution in [0, 0.1) is 23.2 Å². The Morgan fingerprint density at radius 1 is 1.21 bits per heavy atom. The summed E-state index contributed by atoms with van der Waals surface area (Å²) in [7, 11) is 0. The monoisotopic (exact) mass is 330 g/mol. The van der Waals surface area contributed by atoms with Crippen LogP contribution in [0.15, 0.2) is 16.9 Å². The Morgan fingerprint density at radius 2 is 2.00 bits per heavy atom. The van der Waals surface area contributed by atoms with Gasteiger partial charge in [0.25, 0.3) is 0 Å². The summed E-state index contributed by atoms with van der Waals surface area (Å²) in [4.78, 5) is 11.5. The summed E-state index contributed by atoms with van der Waals surface area (Å²) in [5, 5.41) is 0. The highest BCUT2D eigenvalue weighted by Gasteiger charge is 2.59. The summed E-state index contributed by atoms with van der Waals surface area (Å²) in [6.45, 7) is 8.84. The average molecular weight is 330 g/mol. The van der Waals surface area contributed by atoms with E-state index >= 15 is 0 Å². The molecule has 6 atom stereocenters. The fourth-order valence-corrected chi connectivity index (χ4v) is 6.81. The van der Waals surface area contributed by atoms with E-state index in [0.717, 1.165) is 12.8 Å². The van der Waals surface area contributed by atoms with Crippen LogP contribution in [0.3, 0.4) is 0 Å². The largest absolute Gasteiger partial charge is 0.472 e. The first-order valence-corrected chi connectivity index (χ1v) is 9.59. The minimum atomic E-state index is -0.128. The molecular formula is C21H30O3. The van der Waals surface area contributed by atoms with Gasteiger partial charge >= 0.3 is 5.97 Å². The lowest BCUT2D eigenvalue weighted by Gasteiger charge is -2.62. The highest BCUT2D eigenvalue weighted by Crippen LogP contribution is 2.64. The molecule has 1 aromatic rings. The molecule has 0 radical (unpaired) electrons. The van der Waals surface area contributed by atoms with Crippen molar-refractivity contribution in [3.63, 3.8) is 0 Å². The molecule has 0 saturated heterocycles. The molecule has 0 N–H and O–H groups in total. The fraction of sp³-hybridized carbons (Fsp3) is 0.762. The first kappa shape index (κ1) is 16.2. The molecule has 2 fully saturated rings. The maximum absolute atomic E-state index is 11.5. The van der Waals surface area contributed by atoms with E-state index < -0.39 is 0 Å². The molecule has 3 nitrogen and oxygen atoms in total. The number of aryl methyl sites for hydroxylation is 1. The van der Waals surface area contributed by atoms with E-state index in [2.05, 4.69) is 20.8 Å². The van der Waals surface area contributed by atoms with Gasteiger partial charge in [-0.1, -0.05) is 20.8 Å². The minimum absolute atomic E-state index is 0.109. The summed E-state index contributed by atoms with van der Waals surface area (Å²) in [6.07, 6.45) is 11.1. The summed E-state index contributed by atoms with van der Waals surface area (Å²) in [5.74, 6) is 1.69. The number of rotatable bonds is 1. The van der Waals surface area contributed by atoms with Crippen molar-refractivity contribution in [3.05, 3.63) is 23.7 Å². The van der Waals surface area contributed by atoms with E-state index in [1.807, 2.05) is 12.5 Å². The molecule has 3 aliphatic carbocycles. The molecule has 0 bridgehead atoms. The SMILES string of the molecule is CC(=O)O[C@@H]1CC[C@@]2(C)C(CC[C@@]3(C)c4cocc4CCC23)[C@@H]1C. The molecule has 132 valence electrons. The van der Waals surface area contributed by atoms with E-state index in [1.54, 1.807) is 6.92 Å². The van der Waals surface area contributed by atoms with Crippen molar-refractivity contribution in [2.24, 2.45) is 23.2 Å². The molecule has 24 heavy (non-hydrogen) atoms. The van der Waals surface area contributed by atoms with Gasteiger partial charge in [-0.15, -0.1) is 0 Å². The molecule has 1 aromatic heterocycles. The molecule has 0 spiro atoms. The van der Waals surface area contributed by atoms with Gasteiger partial charge < -0.3 is 9.15 Å². The fourth-order valence-electron chi connectivity index (χ4n) is 6.81. The number of carbonyl (C=O) groups is 1. The maximum Gasteiger partial charge on any atom is 0.302 e. The third-order valence-electron chi connectivity index (χ3n) is 7.95. The van der Waals surface area contributed by atoms with E-state index in [0.29, 0.717) is 23.2 Å². The van der Waals surface area contributed by atoms with Crippen LogP contribution in [0.25, 0.3) is 0 Å². The number of ether oxygens (including phenoxy) is 1. The first-order chi connectivity index (χ1) is 11.4. The van der Waals surface area contributed by atoms with E-state index in [4.69, 9.17) is 9.15 Å². The molecule has 0 aliphatic heterocycles. The second kappa shape index (κ2) is 5.37. The standard InChI is InChI=1S/C21H30O3/c1-13-16-7-9-21(4)17-12-23-11-15(17)5-6-19(21)20(16,3)10-8-18(13)24-14(2)22/h11-13,16,18-19H,5-10H2,1-4H3/t13-,16?,18+,19?,20-,21-/m0/s1. The lowest BCUT2D eigenvalue weighted by atomic mass is 9.43. The van der Waals surface area contributed by atoms with Crippen LogP contribution < -0.4 is 0 Å². The minimum Gasteiger partial charge on any atom is -0.472 e. The molecule has 2 unspecified atom stereocenters. The highest BCUT2D eigenvalue weighted by atomic mass is 16.5. The predicted octanol–water partition coefficient (Wildman–Crippen LogP) is 4.88. The topological polar surface area (TPSA) is 39.4 Å². The Kier molecular flexibility index (Phi) is 3.63. The van der Waals surface area contributed by atoms with E-state index in [1.165, 1.54) is 36.8 Å². The average Bonchev–Trinajstić information content (AvgIpc) is 3.00. The van der Waals surface area contributed by atoms with E-state index in [9.17, 15) is 4.79 Å². The van der Waals surface area contributed by atoms with Gasteiger partial charge in [-0.3, -0.25) is 4.79 Å². The van der Waals surface area contributed by atoms with Gasteiger partial charge in [0.1, 0.15) is 6.10 Å². The number of esters is 1. The quantitative estimate of drug-likeness (QED) is 0.689. The Morgan fingerprint density at radius 3 is 2.75 bits per heavy atom. The predicted molar refractivity (Wildman–Crippen MR) is 92.7 cm³/mol. The van der Waals surface area contributed by atoms with Crippen LogP contribution in [0.4, 0.5) is 0 Å². The Labute approximate surface area is 145 Å². The third-order valence-corrected chi connectivity index (χ3v) is 7.95. The van der Waals surface area contributed by atoms with Crippen molar-refractivity contribution in [2.45, 2.75) is 77.7 Å². The van der Waals surface area contributed by atoms with Crippen molar-refractivity contribution in [3.8, 4) is 0 Å². The van der Waals surface area contributed by atoms with Crippen LogP contribution in [0.1, 0.15) is 70.9 Å². The number of hydrogen-bond donors (Lipinski definition) is 0. The second-order valence-electron chi connectivity index (χ2n) is 9.02. The Balaban J connectivity index is 1.66. The summed E-state index contributed by atoms with van der Waals surface area (Å²) in [6, 6.07) is 0. The number of furan rings is 1. The van der Waals surface area contributed by atoms with Crippen LogP contribution >= 0.6 is 0 Å². The summed E-state index contributed by atoms with van der Waals surface area (Å²) < 4.78 is 11.2. The molecule has 0 aromatic carbocycles. The van der Waals surface area contributed by atoms with Gasteiger partial charge in [0.15, 0.2) is 0 Å². The van der Waals surface area contributed by atoms with Crippen molar-refractivity contribution >= 4 is 5.97 Å². The highest BCUT2D eigenvalue weighted by molar-refractivity contribution is 5.66.